The molecule has 1 aromatic heterocycles. The van der Waals surface area contributed by atoms with Crippen molar-refractivity contribution in [1.82, 2.24) is 15.0 Å². The zero-order valence-electron chi connectivity index (χ0n) is 14.8. The molecule has 2 rings (SSSR count). The first-order valence-electron chi connectivity index (χ1n) is 7.13. The number of methoxy groups -OCH3 is 1. The van der Waals surface area contributed by atoms with E-state index in [0.717, 1.165) is 18.2 Å². The summed E-state index contributed by atoms with van der Waals surface area (Å²) in [7, 11) is -8.36. The van der Waals surface area contributed by atoms with Gasteiger partial charge < -0.3 is 25.7 Å². The molecule has 1 heterocycles. The number of rotatable bonds is 8. The van der Waals surface area contributed by atoms with Crippen LogP contribution in [0.25, 0.3) is 0 Å². The Morgan fingerprint density at radius 1 is 1.18 bits per heavy atom. The standard InChI is InChI=1S/C12H16N6O7S2.K/c1-25-12-17-10(14-5-4-13)16-11(18-12)15-8-6-7(26(19,20)21)2-3-9(8)27(22,23)24;/h2-3,6H,4-5,13H2,1H3,(H,19,20,21)(H,22,23,24)(H2,14,15,16,17,18);/q;+1/p-1. The van der Waals surface area contributed by atoms with Gasteiger partial charge in [-0.05, 0) is 18.2 Å². The monoisotopic (exact) mass is 458 g/mol. The van der Waals surface area contributed by atoms with E-state index in [2.05, 4.69) is 25.6 Å². The smallest absolute Gasteiger partial charge is 0.744 e. The summed E-state index contributed by atoms with van der Waals surface area (Å²) in [5.74, 6) is -0.206. The van der Waals surface area contributed by atoms with Crippen molar-refractivity contribution >= 4 is 37.8 Å². The molecule has 0 aliphatic carbocycles. The van der Waals surface area contributed by atoms with Gasteiger partial charge in [0.1, 0.15) is 15.0 Å². The molecular formula is C12H15KN6O7S2. The molecule has 13 nitrogen and oxygen atoms in total. The predicted octanol–water partition coefficient (Wildman–Crippen LogP) is -3.85. The first-order chi connectivity index (χ1) is 12.5. The van der Waals surface area contributed by atoms with Gasteiger partial charge in [-0.2, -0.15) is 23.4 Å². The molecule has 0 aliphatic heterocycles. The first-order valence-corrected chi connectivity index (χ1v) is 9.98. The molecule has 1 aromatic carbocycles. The molecule has 0 aliphatic rings. The van der Waals surface area contributed by atoms with Crippen molar-refractivity contribution in [3.05, 3.63) is 18.2 Å². The number of anilines is 3. The predicted molar refractivity (Wildman–Crippen MR) is 91.4 cm³/mol. The summed E-state index contributed by atoms with van der Waals surface area (Å²) in [4.78, 5) is 10.3. The van der Waals surface area contributed by atoms with Gasteiger partial charge in [-0.15, -0.1) is 0 Å². The second-order valence-electron chi connectivity index (χ2n) is 4.90. The van der Waals surface area contributed by atoms with Gasteiger partial charge in [0.05, 0.1) is 17.7 Å². The van der Waals surface area contributed by atoms with E-state index >= 15 is 0 Å². The van der Waals surface area contributed by atoms with Gasteiger partial charge in [0.25, 0.3) is 10.1 Å². The van der Waals surface area contributed by atoms with Crippen LogP contribution in [0, 0.1) is 0 Å². The van der Waals surface area contributed by atoms with Crippen LogP contribution in [-0.2, 0) is 20.2 Å². The maximum atomic E-state index is 11.5. The summed E-state index contributed by atoms with van der Waals surface area (Å²) in [6.45, 7) is 0.583. The Kier molecular flexibility index (Phi) is 9.13. The molecular weight excluding hydrogens is 443 g/mol. The minimum Gasteiger partial charge on any atom is -0.744 e. The van der Waals surface area contributed by atoms with Crippen LogP contribution in [0.2, 0.25) is 0 Å². The summed E-state index contributed by atoms with van der Waals surface area (Å²) in [5.41, 5.74) is 4.93. The quantitative estimate of drug-likeness (QED) is 0.221. The minimum absolute atomic E-state index is 0. The molecule has 148 valence electrons. The fraction of sp³-hybridized carbons (Fsp3) is 0.250. The van der Waals surface area contributed by atoms with Crippen LogP contribution in [0.3, 0.4) is 0 Å². The van der Waals surface area contributed by atoms with Gasteiger partial charge in [0.15, 0.2) is 0 Å². The second-order valence-corrected chi connectivity index (χ2v) is 7.67. The summed E-state index contributed by atoms with van der Waals surface area (Å²) in [6, 6.07) is 2.09. The van der Waals surface area contributed by atoms with Crippen molar-refractivity contribution in [2.24, 2.45) is 5.73 Å². The van der Waals surface area contributed by atoms with Crippen LogP contribution in [0.1, 0.15) is 0 Å². The Balaban J connectivity index is 0.00000392. The van der Waals surface area contributed by atoms with Gasteiger partial charge in [-0.25, -0.2) is 8.42 Å². The zero-order chi connectivity index (χ0) is 20.2. The van der Waals surface area contributed by atoms with Crippen molar-refractivity contribution < 1.29 is 82.1 Å². The maximum Gasteiger partial charge on any atom is 1.00 e. The normalized spacial score (nSPS) is 11.4. The zero-order valence-corrected chi connectivity index (χ0v) is 19.5. The SMILES string of the molecule is COc1nc(NCCN)nc(Nc2cc(S(=O)(=O)[O-])ccc2S(=O)(=O)O)n1.[K+]. The van der Waals surface area contributed by atoms with Gasteiger partial charge in [0.2, 0.25) is 11.9 Å². The van der Waals surface area contributed by atoms with Gasteiger partial charge in [-0.1, -0.05) is 0 Å². The molecule has 0 fully saturated rings. The molecule has 2 aromatic rings. The topological polar surface area (TPSA) is 210 Å². The van der Waals surface area contributed by atoms with Crippen LogP contribution in [0.15, 0.2) is 28.0 Å². The van der Waals surface area contributed by atoms with Crippen molar-refractivity contribution in [1.29, 1.82) is 0 Å². The second kappa shape index (κ2) is 10.2. The fourth-order valence-corrected chi connectivity index (χ4v) is 3.00. The van der Waals surface area contributed by atoms with Crippen molar-refractivity contribution in [3.63, 3.8) is 0 Å². The van der Waals surface area contributed by atoms with Crippen LogP contribution in [0.5, 0.6) is 6.01 Å². The molecule has 0 atom stereocenters. The number of aromatic nitrogens is 3. The molecule has 16 heteroatoms. The summed E-state index contributed by atoms with van der Waals surface area (Å²) in [6.07, 6.45) is 0. The maximum absolute atomic E-state index is 11.5. The van der Waals surface area contributed by atoms with Gasteiger partial charge in [-0.3, -0.25) is 4.55 Å². The first kappa shape index (κ1) is 25.1. The van der Waals surface area contributed by atoms with E-state index in [1.54, 1.807) is 0 Å². The molecule has 0 saturated carbocycles. The number of hydrogen-bond donors (Lipinski definition) is 4. The number of hydrogen-bond acceptors (Lipinski definition) is 12. The number of nitrogens with one attached hydrogen (secondary N) is 2. The number of nitrogens with zero attached hydrogens (tertiary/aromatic N) is 3. The van der Waals surface area contributed by atoms with E-state index in [1.165, 1.54) is 7.11 Å². The third-order valence-electron chi connectivity index (χ3n) is 2.99. The Labute approximate surface area is 203 Å². The fourth-order valence-electron chi connectivity index (χ4n) is 1.87. The van der Waals surface area contributed by atoms with Crippen LogP contribution in [0.4, 0.5) is 17.6 Å². The molecule has 0 amide bonds. The number of benzene rings is 1. The molecule has 0 saturated heterocycles. The Hall–Kier alpha value is -0.954. The van der Waals surface area contributed by atoms with E-state index in [9.17, 15) is 25.9 Å². The van der Waals surface area contributed by atoms with Crippen molar-refractivity contribution in [2.75, 3.05) is 30.8 Å². The average molecular weight is 459 g/mol. The van der Waals surface area contributed by atoms with Crippen molar-refractivity contribution in [2.45, 2.75) is 9.79 Å². The number of nitrogens with two attached hydrogens (primary N) is 1. The third kappa shape index (κ3) is 6.83. The van der Waals surface area contributed by atoms with E-state index in [0.29, 0.717) is 6.54 Å². The summed E-state index contributed by atoms with van der Waals surface area (Å²) in [5, 5.41) is 5.18. The Morgan fingerprint density at radius 2 is 1.82 bits per heavy atom. The van der Waals surface area contributed by atoms with E-state index < -0.39 is 35.7 Å². The Morgan fingerprint density at radius 3 is 2.36 bits per heavy atom. The molecule has 0 bridgehead atoms. The van der Waals surface area contributed by atoms with E-state index in [1.807, 2.05) is 0 Å². The van der Waals surface area contributed by atoms with Crippen LogP contribution in [-0.4, -0.2) is 61.1 Å². The van der Waals surface area contributed by atoms with Gasteiger partial charge >= 0.3 is 57.4 Å². The van der Waals surface area contributed by atoms with E-state index in [-0.39, 0.29) is 75.8 Å². The molecule has 0 unspecified atom stereocenters. The average Bonchev–Trinajstić information content (AvgIpc) is 2.58. The minimum atomic E-state index is -4.88. The largest absolute Gasteiger partial charge is 1.00 e. The summed E-state index contributed by atoms with van der Waals surface area (Å²) >= 11 is 0. The summed E-state index contributed by atoms with van der Waals surface area (Å²) < 4.78 is 70.8. The Bertz CT molecular complexity index is 1050. The van der Waals surface area contributed by atoms with Crippen LogP contribution < -0.4 is 72.5 Å². The van der Waals surface area contributed by atoms with Gasteiger partial charge in [0, 0.05) is 13.1 Å². The molecule has 0 spiro atoms. The van der Waals surface area contributed by atoms with Crippen molar-refractivity contribution in [3.8, 4) is 6.01 Å². The molecule has 5 N–H and O–H groups in total. The van der Waals surface area contributed by atoms with Crippen LogP contribution >= 0.6 is 0 Å². The molecule has 28 heavy (non-hydrogen) atoms. The van der Waals surface area contributed by atoms with E-state index in [4.69, 9.17) is 10.5 Å². The third-order valence-corrected chi connectivity index (χ3v) is 4.73. The number of ether oxygens (including phenoxy) is 1. The molecule has 0 radical (unpaired) electrons.